The Morgan fingerprint density at radius 2 is 1.35 bits per heavy atom. The second-order valence-corrected chi connectivity index (χ2v) is 21.8. The van der Waals surface area contributed by atoms with Gasteiger partial charge in [-0.05, 0) is 61.6 Å². The van der Waals surface area contributed by atoms with Crippen molar-refractivity contribution in [2.45, 2.75) is 146 Å². The Labute approximate surface area is 463 Å². The summed E-state index contributed by atoms with van der Waals surface area (Å²) in [5.41, 5.74) is 27.9. The molecule has 2 heterocycles. The molecule has 79 heavy (non-hydrogen) atoms. The minimum absolute atomic E-state index is 0.0231. The predicted octanol–water partition coefficient (Wildman–Crippen LogP) is -4.35. The van der Waals surface area contributed by atoms with Crippen molar-refractivity contribution in [3.05, 3.63) is 29.8 Å². The summed E-state index contributed by atoms with van der Waals surface area (Å²) in [5.74, 6) is -12.6. The summed E-state index contributed by atoms with van der Waals surface area (Å²) in [7, 11) is 2.05. The first-order chi connectivity index (χ1) is 37.0. The van der Waals surface area contributed by atoms with Gasteiger partial charge < -0.3 is 86.1 Å². The Bertz CT molecular complexity index is 2350. The van der Waals surface area contributed by atoms with Gasteiger partial charge in [0.1, 0.15) is 54.1 Å². The Morgan fingerprint density at radius 3 is 1.92 bits per heavy atom. The summed E-state index contributed by atoms with van der Waals surface area (Å²) in [6, 6.07) is -6.11. The number of rotatable bonds is 21. The third-order valence-corrected chi connectivity index (χ3v) is 14.7. The smallest absolute Gasteiger partial charge is 0.320 e. The van der Waals surface area contributed by atoms with Crippen molar-refractivity contribution in [3.8, 4) is 5.75 Å². The van der Waals surface area contributed by atoms with E-state index in [0.29, 0.717) is 18.4 Å². The fraction of sp³-hybridized carbons (Fsp3) is 0.604. The van der Waals surface area contributed by atoms with Crippen molar-refractivity contribution in [1.29, 1.82) is 0 Å². The number of benzene rings is 1. The Kier molecular flexibility index (Phi) is 29.1. The van der Waals surface area contributed by atoms with Gasteiger partial charge in [0.2, 0.25) is 65.0 Å². The van der Waals surface area contributed by atoms with Crippen LogP contribution in [0.5, 0.6) is 5.75 Å². The monoisotopic (exact) mass is 1150 g/mol. The second-order valence-electron chi connectivity index (χ2n) is 19.3. The van der Waals surface area contributed by atoms with E-state index in [1.165, 1.54) is 29.2 Å². The van der Waals surface area contributed by atoms with E-state index >= 15 is 0 Å². The van der Waals surface area contributed by atoms with Crippen LogP contribution < -0.4 is 65.9 Å². The lowest BCUT2D eigenvalue weighted by atomic mass is 9.96. The van der Waals surface area contributed by atoms with Crippen LogP contribution in [0.1, 0.15) is 91.0 Å². The van der Waals surface area contributed by atoms with Crippen LogP contribution in [0.25, 0.3) is 0 Å². The molecule has 0 radical (unpaired) electrons. The topological polar surface area (TPSA) is 500 Å². The van der Waals surface area contributed by atoms with E-state index in [1.807, 2.05) is 13.8 Å². The molecule has 1 aromatic rings. The zero-order chi connectivity index (χ0) is 59.7. The number of carboxylic acid groups (broad SMARTS) is 2. The van der Waals surface area contributed by atoms with Crippen LogP contribution in [0.15, 0.2) is 24.3 Å². The van der Waals surface area contributed by atoms with E-state index in [4.69, 9.17) is 38.9 Å². The van der Waals surface area contributed by atoms with Crippen LogP contribution in [0.3, 0.4) is 0 Å². The van der Waals surface area contributed by atoms with Gasteiger partial charge in [0.25, 0.3) is 0 Å². The third kappa shape index (κ3) is 24.5. The molecule has 2 aliphatic heterocycles. The molecular formula is C48H75N13O16S2. The second kappa shape index (κ2) is 33.9. The quantitative estimate of drug-likeness (QED) is 0.0517. The third-order valence-electron chi connectivity index (χ3n) is 12.3. The van der Waals surface area contributed by atoms with Crippen molar-refractivity contribution in [2.24, 2.45) is 40.5 Å². The molecule has 31 heteroatoms. The minimum Gasteiger partial charge on any atom is -0.508 e. The van der Waals surface area contributed by atoms with Gasteiger partial charge in [0.15, 0.2) is 0 Å². The van der Waals surface area contributed by atoms with Gasteiger partial charge in [-0.25, -0.2) is 0 Å². The molecule has 29 nitrogen and oxygen atoms in total. The number of primary amides is 3. The van der Waals surface area contributed by atoms with Gasteiger partial charge in [-0.3, -0.25) is 62.3 Å². The molecule has 440 valence electrons. The molecule has 2 saturated heterocycles. The predicted molar refractivity (Wildman–Crippen MR) is 287 cm³/mol. The molecule has 10 atom stereocenters. The van der Waals surface area contributed by atoms with E-state index < -0.39 is 163 Å². The fourth-order valence-electron chi connectivity index (χ4n) is 7.75. The first kappa shape index (κ1) is 67.9. The zero-order valence-electron chi connectivity index (χ0n) is 44.4. The molecule has 0 bridgehead atoms. The fourth-order valence-corrected chi connectivity index (χ4v) is 10.0. The van der Waals surface area contributed by atoms with E-state index in [2.05, 4.69) is 37.2 Å². The van der Waals surface area contributed by atoms with Gasteiger partial charge in [-0.15, -0.1) is 0 Å². The number of carboxylic acids is 2. The Hall–Kier alpha value is -7.25. The number of likely N-dealkylation sites (tertiary alicyclic amines) is 1. The molecule has 3 rings (SSSR count). The molecule has 0 aromatic heterocycles. The summed E-state index contributed by atoms with van der Waals surface area (Å²) in [5, 5.41) is 44.0. The lowest BCUT2D eigenvalue weighted by Gasteiger charge is -2.31. The molecule has 0 aliphatic carbocycles. The molecule has 2 aliphatic rings. The standard InChI is InChI=1S/C43H66N12O12S2.C5H9NO4/c1-5-22(4)35-42(66)49-26(12-13-32(45)57)38(62)51-29(17-33(46)58)39(63)53-30(20-69-68-19-25(44)36(60)50-28(40(64)54-35)16-23-8-10-24(56)11-9-23)43(67)55-14-6-7-31(55)41(65)52-27(15-21(2)3)37(61)48-18-34(47)59;6-3(5(9)10)1-2-4(7)8/h8-11,21-22,25-31,35,56H,5-7,12-20,44H2,1-4H3,(H2,45,57)(H2,46,58)(H2,47,59)(H,48,61)(H,49,66)(H,50,60)(H,51,62)(H,52,65)(H,53,63)(H,54,64);3H,1-2,6H2,(H,7,8)(H,9,10)/t22-,25-,26-,27-,28-,29-,30-,31-,35-;/m0./s1. The minimum atomic E-state index is -1.75. The van der Waals surface area contributed by atoms with E-state index in [9.17, 15) is 67.4 Å². The number of amides is 11. The van der Waals surface area contributed by atoms with Crippen LogP contribution in [-0.2, 0) is 68.7 Å². The van der Waals surface area contributed by atoms with Crippen molar-refractivity contribution in [1.82, 2.24) is 42.1 Å². The molecule has 1 aromatic carbocycles. The van der Waals surface area contributed by atoms with Gasteiger partial charge in [0, 0.05) is 37.3 Å². The summed E-state index contributed by atoms with van der Waals surface area (Å²) < 4.78 is 0. The van der Waals surface area contributed by atoms with Crippen molar-refractivity contribution in [2.75, 3.05) is 24.6 Å². The lowest BCUT2D eigenvalue weighted by molar-refractivity contribution is -0.142. The summed E-state index contributed by atoms with van der Waals surface area (Å²) in [6.07, 6.45) is -0.918. The number of phenols is 1. The highest BCUT2D eigenvalue weighted by molar-refractivity contribution is 8.76. The summed E-state index contributed by atoms with van der Waals surface area (Å²) in [6.45, 7) is 6.60. The van der Waals surface area contributed by atoms with Crippen LogP contribution in [0.4, 0.5) is 0 Å². The molecule has 0 spiro atoms. The maximum absolute atomic E-state index is 14.5. The number of hydrogen-bond acceptors (Lipinski definition) is 18. The summed E-state index contributed by atoms with van der Waals surface area (Å²) in [4.78, 5) is 168. The van der Waals surface area contributed by atoms with Crippen LogP contribution in [-0.4, -0.2) is 176 Å². The largest absolute Gasteiger partial charge is 0.508 e. The summed E-state index contributed by atoms with van der Waals surface area (Å²) >= 11 is 0. The number of nitrogens with zero attached hydrogens (tertiary/aromatic N) is 1. The van der Waals surface area contributed by atoms with Crippen molar-refractivity contribution in [3.63, 3.8) is 0 Å². The highest BCUT2D eigenvalue weighted by Crippen LogP contribution is 2.26. The number of aliphatic carboxylic acids is 2. The van der Waals surface area contributed by atoms with Gasteiger partial charge >= 0.3 is 11.9 Å². The maximum atomic E-state index is 14.5. The first-order valence-corrected chi connectivity index (χ1v) is 27.8. The molecule has 2 fully saturated rings. The van der Waals surface area contributed by atoms with Crippen LogP contribution >= 0.6 is 21.6 Å². The average molecular weight is 1150 g/mol. The molecule has 0 saturated carbocycles. The number of nitrogens with two attached hydrogens (primary N) is 5. The SMILES string of the molecule is CC[C@H](C)[C@@H]1NC(=O)[C@H](Cc2ccc(O)cc2)NC(=O)[C@@H](N)CSSC[C@@H](C(=O)N2CCC[C@H]2C(=O)N[C@@H](CC(C)C)C(=O)NCC(N)=O)NC(=O)[C@H](CC(N)=O)NC(=O)[C@H](CCC(N)=O)NC1=O.NC(CCC(=O)O)C(=O)O. The molecule has 11 amide bonds. The maximum Gasteiger partial charge on any atom is 0.320 e. The highest BCUT2D eigenvalue weighted by Gasteiger charge is 2.41. The van der Waals surface area contributed by atoms with E-state index in [-0.39, 0.29) is 61.8 Å². The Morgan fingerprint density at radius 1 is 0.759 bits per heavy atom. The average Bonchev–Trinajstić information content (AvgIpc) is 3.88. The van der Waals surface area contributed by atoms with Gasteiger partial charge in [-0.1, -0.05) is 67.8 Å². The molecule has 1 unspecified atom stereocenters. The van der Waals surface area contributed by atoms with Crippen molar-refractivity contribution >= 4 is 98.5 Å². The zero-order valence-corrected chi connectivity index (χ0v) is 46.0. The van der Waals surface area contributed by atoms with Gasteiger partial charge in [-0.2, -0.15) is 0 Å². The molecule has 20 N–H and O–H groups in total. The number of nitrogens with one attached hydrogen (secondary N) is 7. The first-order valence-electron chi connectivity index (χ1n) is 25.3. The number of hydrogen-bond donors (Lipinski definition) is 15. The van der Waals surface area contributed by atoms with Crippen LogP contribution in [0.2, 0.25) is 0 Å². The molecular weight excluding hydrogens is 1080 g/mol. The normalized spacial score (nSPS) is 22.8. The number of carbonyl (C=O) groups is 13. The van der Waals surface area contributed by atoms with Crippen LogP contribution in [0, 0.1) is 11.8 Å². The van der Waals surface area contributed by atoms with E-state index in [0.717, 1.165) is 21.6 Å². The number of carbonyl (C=O) groups excluding carboxylic acids is 11. The Balaban J connectivity index is 0.00000193. The van der Waals surface area contributed by atoms with E-state index in [1.54, 1.807) is 13.8 Å². The van der Waals surface area contributed by atoms with Gasteiger partial charge in [0.05, 0.1) is 19.0 Å². The number of phenolic OH excluding ortho intramolecular Hbond substituents is 1. The highest BCUT2D eigenvalue weighted by atomic mass is 33.1. The number of aromatic hydroxyl groups is 1. The lowest BCUT2D eigenvalue weighted by Crippen LogP contribution is -2.61. The van der Waals surface area contributed by atoms with Crippen molar-refractivity contribution < 1.29 is 77.6 Å².